The van der Waals surface area contributed by atoms with Crippen molar-refractivity contribution in [1.29, 1.82) is 0 Å². The van der Waals surface area contributed by atoms with E-state index in [0.29, 0.717) is 24.6 Å². The first-order chi connectivity index (χ1) is 8.71. The average molecular weight is 253 g/mol. The van der Waals surface area contributed by atoms with Crippen LogP contribution in [0.3, 0.4) is 0 Å². The quantitative estimate of drug-likeness (QED) is 0.560. The summed E-state index contributed by atoms with van der Waals surface area (Å²) in [4.78, 5) is 11.3. The van der Waals surface area contributed by atoms with E-state index in [1.807, 2.05) is 0 Å². The summed E-state index contributed by atoms with van der Waals surface area (Å²) >= 11 is 0. The van der Waals surface area contributed by atoms with E-state index in [4.69, 9.17) is 15.6 Å². The Hall–Kier alpha value is -1.79. The number of hydrogen-bond donors (Lipinski definition) is 4. The van der Waals surface area contributed by atoms with Crippen LogP contribution in [-0.2, 0) is 6.61 Å². The molecule has 0 heterocycles. The number of hydrogen-bond acceptors (Lipinski definition) is 4. The summed E-state index contributed by atoms with van der Waals surface area (Å²) in [5.41, 5.74) is 6.67. The van der Waals surface area contributed by atoms with Gasteiger partial charge >= 0.3 is 6.03 Å². The van der Waals surface area contributed by atoms with Crippen LogP contribution in [0.1, 0.15) is 12.0 Å². The van der Waals surface area contributed by atoms with E-state index in [9.17, 15) is 4.79 Å². The number of rotatable bonds is 6. The molecule has 0 saturated heterocycles. The number of ether oxygens (including phenoxy) is 1. The zero-order valence-electron chi connectivity index (χ0n) is 10.4. The van der Waals surface area contributed by atoms with E-state index in [1.165, 1.54) is 7.05 Å². The minimum absolute atomic E-state index is 0.0759. The lowest BCUT2D eigenvalue weighted by Crippen LogP contribution is -2.24. The molecule has 0 aliphatic heterocycles. The summed E-state index contributed by atoms with van der Waals surface area (Å²) in [5.74, 6) is 0.526. The van der Waals surface area contributed by atoms with Crippen molar-refractivity contribution in [2.24, 2.45) is 5.73 Å². The Balaban J connectivity index is 2.82. The van der Waals surface area contributed by atoms with E-state index >= 15 is 0 Å². The van der Waals surface area contributed by atoms with Gasteiger partial charge in [0.2, 0.25) is 0 Å². The van der Waals surface area contributed by atoms with Gasteiger partial charge in [0.25, 0.3) is 0 Å². The topological polar surface area (TPSA) is 96.6 Å². The first-order valence-corrected chi connectivity index (χ1v) is 5.76. The van der Waals surface area contributed by atoms with Crippen LogP contribution in [0.2, 0.25) is 0 Å². The Kier molecular flexibility index (Phi) is 5.96. The SMILES string of the molecule is CNC(=O)Nc1ccc(CO)cc1OCCCN. The molecular formula is C12H19N3O3. The summed E-state index contributed by atoms with van der Waals surface area (Å²) in [7, 11) is 1.53. The molecule has 6 heteroatoms. The minimum Gasteiger partial charge on any atom is -0.491 e. The molecule has 5 N–H and O–H groups in total. The van der Waals surface area contributed by atoms with Crippen LogP contribution < -0.4 is 21.1 Å². The number of nitrogens with one attached hydrogen (secondary N) is 2. The predicted molar refractivity (Wildman–Crippen MR) is 69.6 cm³/mol. The van der Waals surface area contributed by atoms with Gasteiger partial charge in [0.15, 0.2) is 0 Å². The zero-order valence-corrected chi connectivity index (χ0v) is 10.4. The Morgan fingerprint density at radius 2 is 2.28 bits per heavy atom. The number of aliphatic hydroxyl groups is 1. The molecular weight excluding hydrogens is 234 g/mol. The van der Waals surface area contributed by atoms with Crippen molar-refractivity contribution in [2.45, 2.75) is 13.0 Å². The van der Waals surface area contributed by atoms with Gasteiger partial charge < -0.3 is 26.2 Å². The molecule has 0 saturated carbocycles. The van der Waals surface area contributed by atoms with Crippen LogP contribution in [0.4, 0.5) is 10.5 Å². The molecule has 0 fully saturated rings. The van der Waals surface area contributed by atoms with E-state index in [-0.39, 0.29) is 12.6 Å². The smallest absolute Gasteiger partial charge is 0.319 e. The van der Waals surface area contributed by atoms with Gasteiger partial charge in [0.05, 0.1) is 18.9 Å². The highest BCUT2D eigenvalue weighted by molar-refractivity contribution is 5.90. The monoisotopic (exact) mass is 253 g/mol. The Morgan fingerprint density at radius 3 is 2.89 bits per heavy atom. The normalized spacial score (nSPS) is 9.94. The van der Waals surface area contributed by atoms with E-state index in [2.05, 4.69) is 10.6 Å². The molecule has 0 radical (unpaired) electrons. The van der Waals surface area contributed by atoms with Gasteiger partial charge in [-0.2, -0.15) is 0 Å². The summed E-state index contributed by atoms with van der Waals surface area (Å²) < 4.78 is 5.53. The number of aliphatic hydroxyl groups excluding tert-OH is 1. The predicted octanol–water partition coefficient (Wildman–Crippen LogP) is 0.658. The van der Waals surface area contributed by atoms with Crippen molar-refractivity contribution in [3.63, 3.8) is 0 Å². The van der Waals surface area contributed by atoms with Crippen molar-refractivity contribution in [3.8, 4) is 5.75 Å². The number of carbonyl (C=O) groups is 1. The molecule has 0 aliphatic rings. The van der Waals surface area contributed by atoms with Crippen LogP contribution >= 0.6 is 0 Å². The second kappa shape index (κ2) is 7.52. The maximum absolute atomic E-state index is 11.3. The van der Waals surface area contributed by atoms with Crippen molar-refractivity contribution >= 4 is 11.7 Å². The van der Waals surface area contributed by atoms with Gasteiger partial charge in [-0.1, -0.05) is 6.07 Å². The van der Waals surface area contributed by atoms with Gasteiger partial charge in [-0.25, -0.2) is 4.79 Å². The molecule has 0 atom stereocenters. The third-order valence-electron chi connectivity index (χ3n) is 2.31. The van der Waals surface area contributed by atoms with Crippen LogP contribution in [0.5, 0.6) is 5.75 Å². The molecule has 0 aliphatic carbocycles. The third kappa shape index (κ3) is 4.23. The highest BCUT2D eigenvalue weighted by Crippen LogP contribution is 2.26. The first kappa shape index (κ1) is 14.3. The summed E-state index contributed by atoms with van der Waals surface area (Å²) in [6, 6.07) is 4.79. The fourth-order valence-corrected chi connectivity index (χ4v) is 1.34. The molecule has 2 amide bonds. The van der Waals surface area contributed by atoms with Crippen molar-refractivity contribution in [1.82, 2.24) is 5.32 Å². The lowest BCUT2D eigenvalue weighted by molar-refractivity contribution is 0.253. The fourth-order valence-electron chi connectivity index (χ4n) is 1.34. The Labute approximate surface area is 106 Å². The molecule has 0 spiro atoms. The second-order valence-electron chi connectivity index (χ2n) is 3.68. The Morgan fingerprint density at radius 1 is 1.50 bits per heavy atom. The van der Waals surface area contributed by atoms with Gasteiger partial charge in [-0.3, -0.25) is 0 Å². The van der Waals surface area contributed by atoms with E-state index in [0.717, 1.165) is 12.0 Å². The van der Waals surface area contributed by atoms with Gasteiger partial charge in [-0.05, 0) is 30.7 Å². The molecule has 0 bridgehead atoms. The largest absolute Gasteiger partial charge is 0.491 e. The van der Waals surface area contributed by atoms with Gasteiger partial charge in [0.1, 0.15) is 5.75 Å². The third-order valence-corrected chi connectivity index (χ3v) is 2.31. The average Bonchev–Trinajstić information content (AvgIpc) is 2.40. The van der Waals surface area contributed by atoms with Crippen LogP contribution in [0.15, 0.2) is 18.2 Å². The van der Waals surface area contributed by atoms with Gasteiger partial charge in [0, 0.05) is 7.05 Å². The van der Waals surface area contributed by atoms with Gasteiger partial charge in [-0.15, -0.1) is 0 Å². The molecule has 1 aromatic carbocycles. The molecule has 100 valence electrons. The standard InChI is InChI=1S/C12H19N3O3/c1-14-12(17)15-10-4-3-9(8-16)7-11(10)18-6-2-5-13/h3-4,7,16H,2,5-6,8,13H2,1H3,(H2,14,15,17). The molecule has 1 rings (SSSR count). The highest BCUT2D eigenvalue weighted by atomic mass is 16.5. The molecule has 0 aromatic heterocycles. The van der Waals surface area contributed by atoms with Crippen LogP contribution in [0.25, 0.3) is 0 Å². The van der Waals surface area contributed by atoms with Crippen molar-refractivity contribution in [2.75, 3.05) is 25.5 Å². The van der Waals surface area contributed by atoms with Crippen molar-refractivity contribution < 1.29 is 14.6 Å². The highest BCUT2D eigenvalue weighted by Gasteiger charge is 2.07. The molecule has 0 unspecified atom stereocenters. The van der Waals surface area contributed by atoms with Crippen LogP contribution in [0, 0.1) is 0 Å². The second-order valence-corrected chi connectivity index (χ2v) is 3.68. The van der Waals surface area contributed by atoms with E-state index in [1.54, 1.807) is 18.2 Å². The number of anilines is 1. The number of benzene rings is 1. The molecule has 1 aromatic rings. The van der Waals surface area contributed by atoms with Crippen LogP contribution in [-0.4, -0.2) is 31.3 Å². The lowest BCUT2D eigenvalue weighted by atomic mass is 10.2. The van der Waals surface area contributed by atoms with Crippen molar-refractivity contribution in [3.05, 3.63) is 23.8 Å². The number of nitrogens with two attached hydrogens (primary N) is 1. The molecule has 6 nitrogen and oxygen atoms in total. The maximum atomic E-state index is 11.3. The number of carbonyl (C=O) groups excluding carboxylic acids is 1. The van der Waals surface area contributed by atoms with E-state index < -0.39 is 0 Å². The first-order valence-electron chi connectivity index (χ1n) is 5.76. The minimum atomic E-state index is -0.324. The number of urea groups is 1. The summed E-state index contributed by atoms with van der Waals surface area (Å²) in [6.07, 6.45) is 0.725. The Bertz CT molecular complexity index is 396. The fraction of sp³-hybridized carbons (Fsp3) is 0.417. The summed E-state index contributed by atoms with van der Waals surface area (Å²) in [5, 5.41) is 14.2. The zero-order chi connectivity index (χ0) is 13.4. The summed E-state index contributed by atoms with van der Waals surface area (Å²) in [6.45, 7) is 0.930. The number of amides is 2. The lowest BCUT2D eigenvalue weighted by Gasteiger charge is -2.13. The maximum Gasteiger partial charge on any atom is 0.319 e. The molecule has 18 heavy (non-hydrogen) atoms.